The zero-order valence-corrected chi connectivity index (χ0v) is 11.3. The molecule has 0 aliphatic rings. The third kappa shape index (κ3) is 3.75. The van der Waals surface area contributed by atoms with Gasteiger partial charge in [0.05, 0.1) is 11.1 Å². The molecule has 0 heterocycles. The lowest BCUT2D eigenvalue weighted by Crippen LogP contribution is -2.14. The van der Waals surface area contributed by atoms with Crippen LogP contribution in [0, 0.1) is 5.82 Å². The fraction of sp³-hybridized carbons (Fsp3) is 0.0714. The van der Waals surface area contributed by atoms with E-state index in [0.717, 1.165) is 24.3 Å². The van der Waals surface area contributed by atoms with Crippen LogP contribution in [0.3, 0.4) is 0 Å². The lowest BCUT2D eigenvalue weighted by molar-refractivity contribution is -0.137. The van der Waals surface area contributed by atoms with Crippen LogP contribution in [-0.4, -0.2) is 5.91 Å². The predicted octanol–water partition coefficient (Wildman–Crippen LogP) is 4.39. The number of thiol groups is 1. The van der Waals surface area contributed by atoms with Crippen molar-refractivity contribution in [3.8, 4) is 0 Å². The highest BCUT2D eigenvalue weighted by molar-refractivity contribution is 7.80. The molecule has 0 bridgehead atoms. The van der Waals surface area contributed by atoms with E-state index >= 15 is 0 Å². The molecule has 2 aromatic rings. The average Bonchev–Trinajstić information content (AvgIpc) is 2.41. The van der Waals surface area contributed by atoms with Crippen molar-refractivity contribution in [2.24, 2.45) is 0 Å². The quantitative estimate of drug-likeness (QED) is 0.625. The van der Waals surface area contributed by atoms with Gasteiger partial charge in [-0.1, -0.05) is 6.07 Å². The summed E-state index contributed by atoms with van der Waals surface area (Å²) in [6, 6.07) is 7.72. The van der Waals surface area contributed by atoms with Gasteiger partial charge in [-0.15, -0.1) is 12.6 Å². The topological polar surface area (TPSA) is 29.1 Å². The molecule has 0 saturated carbocycles. The summed E-state index contributed by atoms with van der Waals surface area (Å²) in [7, 11) is 0. The molecule has 2 nitrogen and oxygen atoms in total. The molecule has 2 rings (SSSR count). The number of hydrogen-bond donors (Lipinski definition) is 2. The van der Waals surface area contributed by atoms with Crippen molar-refractivity contribution in [1.29, 1.82) is 0 Å². The molecule has 0 saturated heterocycles. The van der Waals surface area contributed by atoms with Gasteiger partial charge < -0.3 is 5.32 Å². The Labute approximate surface area is 123 Å². The highest BCUT2D eigenvalue weighted by atomic mass is 32.1. The molecule has 21 heavy (non-hydrogen) atoms. The Morgan fingerprint density at radius 1 is 1.10 bits per heavy atom. The molecular weight excluding hydrogens is 306 g/mol. The predicted molar refractivity (Wildman–Crippen MR) is 73.0 cm³/mol. The van der Waals surface area contributed by atoms with E-state index in [0.29, 0.717) is 4.90 Å². The van der Waals surface area contributed by atoms with Gasteiger partial charge in [0.2, 0.25) is 0 Å². The van der Waals surface area contributed by atoms with Gasteiger partial charge in [-0.25, -0.2) is 4.39 Å². The van der Waals surface area contributed by atoms with E-state index in [1.54, 1.807) is 0 Å². The Morgan fingerprint density at radius 3 is 2.48 bits per heavy atom. The first-order chi connectivity index (χ1) is 9.77. The van der Waals surface area contributed by atoms with E-state index in [-0.39, 0.29) is 11.3 Å². The smallest absolute Gasteiger partial charge is 0.322 e. The fourth-order valence-corrected chi connectivity index (χ4v) is 1.86. The van der Waals surface area contributed by atoms with Crippen LogP contribution in [-0.2, 0) is 6.18 Å². The fourth-order valence-electron chi connectivity index (χ4n) is 1.66. The number of halogens is 4. The summed E-state index contributed by atoms with van der Waals surface area (Å²) in [5.41, 5.74) is -1.26. The zero-order chi connectivity index (χ0) is 15.6. The number of anilines is 1. The first kappa shape index (κ1) is 15.4. The Kier molecular flexibility index (Phi) is 4.22. The molecule has 1 N–H and O–H groups in total. The van der Waals surface area contributed by atoms with Gasteiger partial charge in [-0.2, -0.15) is 13.2 Å². The van der Waals surface area contributed by atoms with Crippen molar-refractivity contribution in [2.75, 3.05) is 5.32 Å². The summed E-state index contributed by atoms with van der Waals surface area (Å²) < 4.78 is 51.2. The van der Waals surface area contributed by atoms with E-state index in [4.69, 9.17) is 0 Å². The van der Waals surface area contributed by atoms with Crippen molar-refractivity contribution in [3.63, 3.8) is 0 Å². The first-order valence-electron chi connectivity index (χ1n) is 5.74. The maximum Gasteiger partial charge on any atom is 0.416 e. The monoisotopic (exact) mass is 315 g/mol. The Hall–Kier alpha value is -2.02. The average molecular weight is 315 g/mol. The van der Waals surface area contributed by atoms with Crippen molar-refractivity contribution >= 4 is 24.2 Å². The number of amides is 1. The zero-order valence-electron chi connectivity index (χ0n) is 10.4. The first-order valence-corrected chi connectivity index (χ1v) is 6.19. The molecule has 2 aromatic carbocycles. The number of carbonyl (C=O) groups excluding carboxylic acids is 1. The number of rotatable bonds is 2. The summed E-state index contributed by atoms with van der Waals surface area (Å²) in [5.74, 6) is -1.62. The molecule has 0 unspecified atom stereocenters. The normalized spacial score (nSPS) is 11.3. The molecule has 0 aromatic heterocycles. The van der Waals surface area contributed by atoms with E-state index in [2.05, 4.69) is 17.9 Å². The number of carbonyl (C=O) groups is 1. The summed E-state index contributed by atoms with van der Waals surface area (Å²) in [6.45, 7) is 0. The molecule has 0 aliphatic heterocycles. The SMILES string of the molecule is O=C(Nc1cccc(C(F)(F)F)c1)c1cc(S)ccc1F. The van der Waals surface area contributed by atoms with Gasteiger partial charge in [0.1, 0.15) is 5.82 Å². The Bertz CT molecular complexity index is 685. The number of benzene rings is 2. The number of alkyl halides is 3. The van der Waals surface area contributed by atoms with Gasteiger partial charge in [0.15, 0.2) is 0 Å². The van der Waals surface area contributed by atoms with Crippen molar-refractivity contribution in [2.45, 2.75) is 11.1 Å². The van der Waals surface area contributed by atoms with E-state index < -0.39 is 23.5 Å². The van der Waals surface area contributed by atoms with Crippen molar-refractivity contribution < 1.29 is 22.4 Å². The molecule has 0 atom stereocenters. The number of hydrogen-bond acceptors (Lipinski definition) is 2. The van der Waals surface area contributed by atoms with Crippen LogP contribution in [0.1, 0.15) is 15.9 Å². The molecule has 1 amide bonds. The lowest BCUT2D eigenvalue weighted by atomic mass is 10.1. The second-order valence-corrected chi connectivity index (χ2v) is 4.71. The van der Waals surface area contributed by atoms with E-state index in [1.807, 2.05) is 0 Å². The molecule has 7 heteroatoms. The molecule has 0 spiro atoms. The highest BCUT2D eigenvalue weighted by Crippen LogP contribution is 2.30. The Balaban J connectivity index is 2.26. The van der Waals surface area contributed by atoms with Crippen LogP contribution in [0.15, 0.2) is 47.4 Å². The van der Waals surface area contributed by atoms with Gasteiger partial charge in [0, 0.05) is 10.6 Å². The van der Waals surface area contributed by atoms with Crippen LogP contribution >= 0.6 is 12.6 Å². The van der Waals surface area contributed by atoms with Gasteiger partial charge >= 0.3 is 6.18 Å². The third-order valence-electron chi connectivity index (χ3n) is 2.64. The Morgan fingerprint density at radius 2 is 1.81 bits per heavy atom. The maximum atomic E-state index is 13.5. The maximum absolute atomic E-state index is 13.5. The standard InChI is InChI=1S/C14H9F4NOS/c15-12-5-4-10(21)7-11(12)13(20)19-9-3-1-2-8(6-9)14(16,17)18/h1-7,21H,(H,19,20). The second-order valence-electron chi connectivity index (χ2n) is 4.20. The van der Waals surface area contributed by atoms with Crippen LogP contribution in [0.2, 0.25) is 0 Å². The summed E-state index contributed by atoms with van der Waals surface area (Å²) in [4.78, 5) is 12.2. The molecule has 0 fully saturated rings. The largest absolute Gasteiger partial charge is 0.416 e. The molecular formula is C14H9F4NOS. The third-order valence-corrected chi connectivity index (χ3v) is 2.92. The van der Waals surface area contributed by atoms with Crippen molar-refractivity contribution in [3.05, 3.63) is 59.4 Å². The van der Waals surface area contributed by atoms with Crippen LogP contribution in [0.5, 0.6) is 0 Å². The van der Waals surface area contributed by atoms with E-state index in [1.165, 1.54) is 18.2 Å². The minimum atomic E-state index is -4.52. The molecule has 0 aliphatic carbocycles. The van der Waals surface area contributed by atoms with Gasteiger partial charge in [0.25, 0.3) is 5.91 Å². The highest BCUT2D eigenvalue weighted by Gasteiger charge is 2.30. The molecule has 110 valence electrons. The van der Waals surface area contributed by atoms with Crippen molar-refractivity contribution in [1.82, 2.24) is 0 Å². The number of nitrogens with one attached hydrogen (secondary N) is 1. The summed E-state index contributed by atoms with van der Waals surface area (Å²) >= 11 is 3.98. The van der Waals surface area contributed by atoms with Crippen LogP contribution < -0.4 is 5.32 Å². The lowest BCUT2D eigenvalue weighted by Gasteiger charge is -2.10. The summed E-state index contributed by atoms with van der Waals surface area (Å²) in [5, 5.41) is 2.23. The van der Waals surface area contributed by atoms with Crippen LogP contribution in [0.4, 0.5) is 23.2 Å². The minimum absolute atomic E-state index is 0.0706. The van der Waals surface area contributed by atoms with Gasteiger partial charge in [-0.3, -0.25) is 4.79 Å². The second kappa shape index (κ2) is 5.77. The van der Waals surface area contributed by atoms with E-state index in [9.17, 15) is 22.4 Å². The summed E-state index contributed by atoms with van der Waals surface area (Å²) in [6.07, 6.45) is -4.52. The van der Waals surface area contributed by atoms with Crippen LogP contribution in [0.25, 0.3) is 0 Å². The minimum Gasteiger partial charge on any atom is -0.322 e. The van der Waals surface area contributed by atoms with Gasteiger partial charge in [-0.05, 0) is 36.4 Å². The molecule has 0 radical (unpaired) electrons.